The molecule has 0 radical (unpaired) electrons. The molecule has 3 rings (SSSR count). The van der Waals surface area contributed by atoms with Gasteiger partial charge in [-0.05, 0) is 6.42 Å². The van der Waals surface area contributed by atoms with Gasteiger partial charge < -0.3 is 10.0 Å². The van der Waals surface area contributed by atoms with E-state index in [1.807, 2.05) is 27.1 Å². The van der Waals surface area contributed by atoms with Gasteiger partial charge in [0.05, 0.1) is 12.1 Å². The summed E-state index contributed by atoms with van der Waals surface area (Å²) in [7, 11) is 0. The van der Waals surface area contributed by atoms with Crippen LogP contribution in [0.25, 0.3) is 4.96 Å². The predicted molar refractivity (Wildman–Crippen MR) is 68.5 cm³/mol. The Morgan fingerprint density at radius 2 is 2.50 bits per heavy atom. The third-order valence-electron chi connectivity index (χ3n) is 3.37. The number of amides is 1. The molecular formula is C12H15N3O2S. The third-order valence-corrected chi connectivity index (χ3v) is 4.14. The lowest BCUT2D eigenvalue weighted by Crippen LogP contribution is -2.30. The lowest BCUT2D eigenvalue weighted by molar-refractivity contribution is -0.129. The van der Waals surface area contributed by atoms with Gasteiger partial charge in [-0.25, -0.2) is 4.98 Å². The van der Waals surface area contributed by atoms with E-state index in [9.17, 15) is 4.79 Å². The molecule has 1 aliphatic heterocycles. The number of hydrogen-bond donors (Lipinski definition) is 1. The summed E-state index contributed by atoms with van der Waals surface area (Å²) in [6.45, 7) is 1.60. The fourth-order valence-corrected chi connectivity index (χ4v) is 3.06. The maximum atomic E-state index is 12.1. The molecule has 1 atom stereocenters. The van der Waals surface area contributed by atoms with Gasteiger partial charge in [-0.15, -0.1) is 11.3 Å². The van der Waals surface area contributed by atoms with Crippen LogP contribution in [0.2, 0.25) is 0 Å². The Hall–Kier alpha value is -1.40. The Bertz CT molecular complexity index is 534. The highest BCUT2D eigenvalue weighted by Crippen LogP contribution is 2.17. The number of likely N-dealkylation sites (tertiary alicyclic amines) is 1. The first kappa shape index (κ1) is 11.7. The van der Waals surface area contributed by atoms with E-state index in [0.29, 0.717) is 13.0 Å². The van der Waals surface area contributed by atoms with E-state index >= 15 is 0 Å². The second kappa shape index (κ2) is 4.70. The Kier molecular flexibility index (Phi) is 3.05. The molecule has 0 aromatic carbocycles. The molecule has 5 nitrogen and oxygen atoms in total. The lowest BCUT2D eigenvalue weighted by atomic mass is 10.1. The Labute approximate surface area is 109 Å². The molecule has 2 aromatic rings. The van der Waals surface area contributed by atoms with Gasteiger partial charge in [0, 0.05) is 43.4 Å². The van der Waals surface area contributed by atoms with Gasteiger partial charge in [-0.2, -0.15) is 0 Å². The number of thiazole rings is 1. The average molecular weight is 265 g/mol. The first-order chi connectivity index (χ1) is 8.76. The van der Waals surface area contributed by atoms with E-state index in [2.05, 4.69) is 4.98 Å². The largest absolute Gasteiger partial charge is 0.396 e. The highest BCUT2D eigenvalue weighted by molar-refractivity contribution is 7.15. The van der Waals surface area contributed by atoms with Crippen LogP contribution >= 0.6 is 11.3 Å². The summed E-state index contributed by atoms with van der Waals surface area (Å²) in [6, 6.07) is 0. The Balaban J connectivity index is 1.66. The number of aromatic nitrogens is 2. The number of aliphatic hydroxyl groups excluding tert-OH is 1. The number of carbonyl (C=O) groups is 1. The molecule has 1 unspecified atom stereocenters. The Morgan fingerprint density at radius 1 is 1.61 bits per heavy atom. The summed E-state index contributed by atoms with van der Waals surface area (Å²) in [5.74, 6) is 0.358. The van der Waals surface area contributed by atoms with Crippen LogP contribution in [0.3, 0.4) is 0 Å². The quantitative estimate of drug-likeness (QED) is 0.892. The van der Waals surface area contributed by atoms with Gasteiger partial charge in [0.2, 0.25) is 5.91 Å². The minimum Gasteiger partial charge on any atom is -0.396 e. The van der Waals surface area contributed by atoms with Crippen LogP contribution in [0.1, 0.15) is 12.1 Å². The Morgan fingerprint density at radius 3 is 3.22 bits per heavy atom. The molecule has 0 bridgehead atoms. The smallest absolute Gasteiger partial charge is 0.228 e. The average Bonchev–Trinajstić information content (AvgIpc) is 3.02. The molecule has 3 heterocycles. The van der Waals surface area contributed by atoms with Crippen molar-refractivity contribution >= 4 is 22.2 Å². The molecule has 1 amide bonds. The molecular weight excluding hydrogens is 250 g/mol. The van der Waals surface area contributed by atoms with Crippen LogP contribution in [-0.4, -0.2) is 45.0 Å². The van der Waals surface area contributed by atoms with E-state index in [-0.39, 0.29) is 18.4 Å². The maximum absolute atomic E-state index is 12.1. The van der Waals surface area contributed by atoms with E-state index in [4.69, 9.17) is 5.11 Å². The number of nitrogens with zero attached hydrogens (tertiary/aromatic N) is 3. The van der Waals surface area contributed by atoms with E-state index in [1.165, 1.54) is 0 Å². The molecule has 0 aliphatic carbocycles. The number of rotatable bonds is 3. The highest BCUT2D eigenvalue weighted by Gasteiger charge is 2.25. The number of fused-ring (bicyclic) bond motifs is 1. The molecule has 96 valence electrons. The molecule has 18 heavy (non-hydrogen) atoms. The monoisotopic (exact) mass is 265 g/mol. The van der Waals surface area contributed by atoms with Crippen molar-refractivity contribution in [2.75, 3.05) is 19.7 Å². The minimum absolute atomic E-state index is 0.108. The summed E-state index contributed by atoms with van der Waals surface area (Å²) >= 11 is 1.57. The van der Waals surface area contributed by atoms with Gasteiger partial charge in [0.25, 0.3) is 0 Å². The molecule has 0 spiro atoms. The molecule has 1 aliphatic rings. The van der Waals surface area contributed by atoms with Gasteiger partial charge >= 0.3 is 0 Å². The standard InChI is InChI=1S/C12H15N3O2S/c16-8-9-1-2-14(6-9)11(17)5-10-7-15-3-4-18-12(15)13-10/h3-4,7,9,16H,1-2,5-6,8H2. The van der Waals surface area contributed by atoms with Crippen molar-refractivity contribution in [1.82, 2.24) is 14.3 Å². The van der Waals surface area contributed by atoms with Gasteiger partial charge in [0.1, 0.15) is 0 Å². The molecule has 1 saturated heterocycles. The second-order valence-electron chi connectivity index (χ2n) is 4.68. The SMILES string of the molecule is O=C(Cc1cn2ccsc2n1)N1CCC(CO)C1. The van der Waals surface area contributed by atoms with Crippen molar-refractivity contribution in [1.29, 1.82) is 0 Å². The number of carbonyl (C=O) groups excluding carboxylic acids is 1. The summed E-state index contributed by atoms with van der Waals surface area (Å²) in [5.41, 5.74) is 0.819. The number of imidazole rings is 1. The highest BCUT2D eigenvalue weighted by atomic mass is 32.1. The molecule has 2 aromatic heterocycles. The van der Waals surface area contributed by atoms with Gasteiger partial charge in [-0.1, -0.05) is 0 Å². The lowest BCUT2D eigenvalue weighted by Gasteiger charge is -2.15. The molecule has 0 saturated carbocycles. The van der Waals surface area contributed by atoms with Crippen molar-refractivity contribution in [3.05, 3.63) is 23.5 Å². The fourth-order valence-electron chi connectivity index (χ4n) is 2.34. The number of hydrogen-bond acceptors (Lipinski definition) is 4. The first-order valence-corrected chi connectivity index (χ1v) is 6.94. The zero-order valence-corrected chi connectivity index (χ0v) is 10.8. The molecule has 1 N–H and O–H groups in total. The topological polar surface area (TPSA) is 57.8 Å². The van der Waals surface area contributed by atoms with Crippen molar-refractivity contribution in [3.8, 4) is 0 Å². The van der Waals surface area contributed by atoms with Crippen LogP contribution in [0, 0.1) is 5.92 Å². The van der Waals surface area contributed by atoms with Crippen LogP contribution < -0.4 is 0 Å². The number of aliphatic hydroxyl groups is 1. The summed E-state index contributed by atoms with van der Waals surface area (Å²) in [5, 5.41) is 11.0. The third kappa shape index (κ3) is 2.13. The summed E-state index contributed by atoms with van der Waals surface area (Å²) < 4.78 is 1.94. The van der Waals surface area contributed by atoms with Crippen LogP contribution in [0.4, 0.5) is 0 Å². The van der Waals surface area contributed by atoms with Gasteiger partial charge in [-0.3, -0.25) is 9.20 Å². The van der Waals surface area contributed by atoms with Crippen LogP contribution in [0.15, 0.2) is 17.8 Å². The van der Waals surface area contributed by atoms with E-state index in [0.717, 1.165) is 23.6 Å². The van der Waals surface area contributed by atoms with Crippen molar-refractivity contribution in [3.63, 3.8) is 0 Å². The first-order valence-electron chi connectivity index (χ1n) is 6.06. The van der Waals surface area contributed by atoms with Crippen molar-refractivity contribution < 1.29 is 9.90 Å². The van der Waals surface area contributed by atoms with Gasteiger partial charge in [0.15, 0.2) is 4.96 Å². The van der Waals surface area contributed by atoms with Crippen molar-refractivity contribution in [2.45, 2.75) is 12.8 Å². The summed E-state index contributed by atoms with van der Waals surface area (Å²) in [4.78, 5) is 19.2. The molecule has 1 fully saturated rings. The predicted octanol–water partition coefficient (Wildman–Crippen LogP) is 0.779. The van der Waals surface area contributed by atoms with E-state index in [1.54, 1.807) is 11.3 Å². The fraction of sp³-hybridized carbons (Fsp3) is 0.500. The van der Waals surface area contributed by atoms with E-state index < -0.39 is 0 Å². The minimum atomic E-state index is 0.108. The zero-order valence-electron chi connectivity index (χ0n) is 9.95. The maximum Gasteiger partial charge on any atom is 0.228 e. The second-order valence-corrected chi connectivity index (χ2v) is 5.55. The summed E-state index contributed by atoms with van der Waals surface area (Å²) in [6.07, 6.45) is 5.11. The van der Waals surface area contributed by atoms with Crippen LogP contribution in [0.5, 0.6) is 0 Å². The molecule has 6 heteroatoms. The normalized spacial score (nSPS) is 19.8. The van der Waals surface area contributed by atoms with Crippen LogP contribution in [-0.2, 0) is 11.2 Å². The zero-order chi connectivity index (χ0) is 12.5. The van der Waals surface area contributed by atoms with Crippen molar-refractivity contribution in [2.24, 2.45) is 5.92 Å².